The van der Waals surface area contributed by atoms with Gasteiger partial charge in [0.1, 0.15) is 8.07 Å². The van der Waals surface area contributed by atoms with Gasteiger partial charge in [-0.2, -0.15) is 0 Å². The fraction of sp³-hybridized carbons (Fsp3) is 0.833. The molecular formula is C12H26O4Si2. The van der Waals surface area contributed by atoms with E-state index in [-0.39, 0.29) is 5.73 Å². The lowest BCUT2D eigenvalue weighted by molar-refractivity contribution is -0.167. The molecule has 0 aliphatic heterocycles. The van der Waals surface area contributed by atoms with E-state index < -0.39 is 27.3 Å². The molecule has 0 saturated carbocycles. The summed E-state index contributed by atoms with van der Waals surface area (Å²) in [7, 11) is -3.59. The quantitative estimate of drug-likeness (QED) is 0.429. The Morgan fingerprint density at radius 1 is 1.17 bits per heavy atom. The molecule has 0 fully saturated rings. The number of carbonyl (C=O) groups excluding carboxylic acids is 2. The topological polar surface area (TPSA) is 52.6 Å². The summed E-state index contributed by atoms with van der Waals surface area (Å²) in [5.41, 5.74) is -0.101. The van der Waals surface area contributed by atoms with Gasteiger partial charge in [0.15, 0.2) is 5.22 Å². The first-order chi connectivity index (χ1) is 7.86. The van der Waals surface area contributed by atoms with Gasteiger partial charge in [0.25, 0.3) is 6.47 Å². The van der Waals surface area contributed by atoms with E-state index in [2.05, 4.69) is 19.6 Å². The number of carbonyl (C=O) groups is 2. The normalized spacial score (nSPS) is 17.6. The van der Waals surface area contributed by atoms with Crippen LogP contribution in [0.5, 0.6) is 0 Å². The molecule has 0 aliphatic carbocycles. The van der Waals surface area contributed by atoms with Crippen LogP contribution >= 0.6 is 0 Å². The highest BCUT2D eigenvalue weighted by molar-refractivity contribution is 6.82. The van der Waals surface area contributed by atoms with Crippen LogP contribution < -0.4 is 0 Å². The molecule has 0 saturated heterocycles. The van der Waals surface area contributed by atoms with Crippen molar-refractivity contribution in [3.8, 4) is 0 Å². The van der Waals surface area contributed by atoms with Gasteiger partial charge < -0.3 is 9.47 Å². The Hall–Kier alpha value is -0.626. The highest BCUT2D eigenvalue weighted by Gasteiger charge is 2.50. The predicted octanol–water partition coefficient (Wildman–Crippen LogP) is 2.60. The van der Waals surface area contributed by atoms with Crippen molar-refractivity contribution in [2.75, 3.05) is 0 Å². The summed E-state index contributed by atoms with van der Waals surface area (Å²) >= 11 is 0. The summed E-state index contributed by atoms with van der Waals surface area (Å²) in [5.74, 6) is -0.413. The average molecular weight is 291 g/mol. The molecule has 0 radical (unpaired) electrons. The molecule has 4 nitrogen and oxygen atoms in total. The fourth-order valence-electron chi connectivity index (χ4n) is 1.08. The Labute approximate surface area is 112 Å². The number of hydrogen-bond donors (Lipinski definition) is 0. The van der Waals surface area contributed by atoms with E-state index in [1.807, 2.05) is 26.6 Å². The molecule has 2 atom stereocenters. The summed E-state index contributed by atoms with van der Waals surface area (Å²) in [6.45, 7) is 16.3. The number of rotatable bonds is 6. The first-order valence-corrected chi connectivity index (χ1v) is 13.3. The Morgan fingerprint density at radius 2 is 1.61 bits per heavy atom. The van der Waals surface area contributed by atoms with E-state index in [1.165, 1.54) is 0 Å². The van der Waals surface area contributed by atoms with Crippen LogP contribution in [0.1, 0.15) is 13.8 Å². The number of ether oxygens (including phenoxy) is 2. The Morgan fingerprint density at radius 3 is 1.89 bits per heavy atom. The SMILES string of the molecule is CC(OC(=O)C(C)(OC=O)[Si](C)(C)C)[Si](C)(C)C. The van der Waals surface area contributed by atoms with Gasteiger partial charge in [-0.25, -0.2) is 4.79 Å². The maximum atomic E-state index is 12.3. The molecule has 106 valence electrons. The zero-order valence-corrected chi connectivity index (χ0v) is 14.8. The van der Waals surface area contributed by atoms with Crippen LogP contribution in [0.2, 0.25) is 39.3 Å². The van der Waals surface area contributed by atoms with Gasteiger partial charge in [-0.3, -0.25) is 4.79 Å². The van der Waals surface area contributed by atoms with Gasteiger partial charge in [-0.1, -0.05) is 39.3 Å². The van der Waals surface area contributed by atoms with Crippen LogP contribution in [-0.2, 0) is 19.1 Å². The molecule has 2 unspecified atom stereocenters. The highest BCUT2D eigenvalue weighted by Crippen LogP contribution is 2.27. The van der Waals surface area contributed by atoms with E-state index in [9.17, 15) is 9.59 Å². The molecule has 0 N–H and O–H groups in total. The first kappa shape index (κ1) is 17.4. The van der Waals surface area contributed by atoms with Gasteiger partial charge in [-0.05, 0) is 13.8 Å². The smallest absolute Gasteiger partial charge is 0.346 e. The minimum Gasteiger partial charge on any atom is -0.464 e. The third-order valence-electron chi connectivity index (χ3n) is 3.61. The van der Waals surface area contributed by atoms with E-state index in [1.54, 1.807) is 6.92 Å². The molecule has 0 heterocycles. The maximum Gasteiger partial charge on any atom is 0.346 e. The summed E-state index contributed by atoms with van der Waals surface area (Å²) < 4.78 is 10.6. The maximum absolute atomic E-state index is 12.3. The summed E-state index contributed by atoms with van der Waals surface area (Å²) in [4.78, 5) is 23.0. The van der Waals surface area contributed by atoms with Gasteiger partial charge in [0.05, 0.1) is 13.8 Å². The zero-order valence-electron chi connectivity index (χ0n) is 12.8. The molecule has 0 aromatic carbocycles. The van der Waals surface area contributed by atoms with Gasteiger partial charge >= 0.3 is 5.97 Å². The number of hydrogen-bond acceptors (Lipinski definition) is 4. The Balaban J connectivity index is 5.08. The average Bonchev–Trinajstić information content (AvgIpc) is 2.14. The monoisotopic (exact) mass is 290 g/mol. The summed E-state index contributed by atoms with van der Waals surface area (Å²) in [6, 6.07) is 0. The third-order valence-corrected chi connectivity index (χ3v) is 9.35. The first-order valence-electron chi connectivity index (χ1n) is 6.19. The van der Waals surface area contributed by atoms with Crippen molar-refractivity contribution < 1.29 is 19.1 Å². The molecule has 0 spiro atoms. The van der Waals surface area contributed by atoms with Crippen LogP contribution in [0.25, 0.3) is 0 Å². The summed E-state index contributed by atoms with van der Waals surface area (Å²) in [5, 5.41) is -1.12. The van der Waals surface area contributed by atoms with Crippen LogP contribution in [-0.4, -0.2) is 39.5 Å². The van der Waals surface area contributed by atoms with E-state index in [4.69, 9.17) is 9.47 Å². The van der Waals surface area contributed by atoms with Gasteiger partial charge in [0, 0.05) is 0 Å². The molecule has 0 aromatic rings. The highest BCUT2D eigenvalue weighted by atomic mass is 28.3. The molecule has 0 aliphatic rings. The lowest BCUT2D eigenvalue weighted by Gasteiger charge is -2.38. The second-order valence-corrected chi connectivity index (χ2v) is 17.9. The van der Waals surface area contributed by atoms with Crippen molar-refractivity contribution >= 4 is 28.6 Å². The van der Waals surface area contributed by atoms with Gasteiger partial charge in [-0.15, -0.1) is 0 Å². The second kappa shape index (κ2) is 5.56. The predicted molar refractivity (Wildman–Crippen MR) is 77.8 cm³/mol. The molecule has 18 heavy (non-hydrogen) atoms. The lowest BCUT2D eigenvalue weighted by Crippen LogP contribution is -2.59. The molecule has 6 heteroatoms. The molecule has 0 amide bonds. The standard InChI is InChI=1S/C12H26O4Si2/c1-10(17(3,4)5)16-11(14)12(2,15-9-13)18(6,7)8/h9-10H,1-8H3. The van der Waals surface area contributed by atoms with E-state index >= 15 is 0 Å². The van der Waals surface area contributed by atoms with Crippen molar-refractivity contribution in [2.45, 2.75) is 64.1 Å². The lowest BCUT2D eigenvalue weighted by atomic mass is 10.4. The minimum absolute atomic E-state index is 0.101. The zero-order chi connectivity index (χ0) is 14.8. The molecule has 0 rings (SSSR count). The largest absolute Gasteiger partial charge is 0.464 e. The second-order valence-electron chi connectivity index (χ2n) is 6.91. The Bertz CT molecular complexity index is 317. The van der Waals surface area contributed by atoms with Crippen molar-refractivity contribution in [3.05, 3.63) is 0 Å². The van der Waals surface area contributed by atoms with Crippen LogP contribution in [0, 0.1) is 0 Å². The Kier molecular flexibility index (Phi) is 5.37. The van der Waals surface area contributed by atoms with E-state index in [0.29, 0.717) is 6.47 Å². The van der Waals surface area contributed by atoms with Crippen molar-refractivity contribution in [1.29, 1.82) is 0 Å². The van der Waals surface area contributed by atoms with Crippen LogP contribution in [0.3, 0.4) is 0 Å². The van der Waals surface area contributed by atoms with Crippen molar-refractivity contribution in [2.24, 2.45) is 0 Å². The van der Waals surface area contributed by atoms with Crippen molar-refractivity contribution in [3.63, 3.8) is 0 Å². The fourth-order valence-corrected chi connectivity index (χ4v) is 2.61. The summed E-state index contributed by atoms with van der Waals surface area (Å²) in [6.07, 6.45) is 0. The van der Waals surface area contributed by atoms with Crippen molar-refractivity contribution in [1.82, 2.24) is 0 Å². The molecule has 0 aromatic heterocycles. The molecule has 0 bridgehead atoms. The van der Waals surface area contributed by atoms with E-state index in [0.717, 1.165) is 0 Å². The van der Waals surface area contributed by atoms with Crippen LogP contribution in [0.15, 0.2) is 0 Å². The third kappa shape index (κ3) is 3.95. The minimum atomic E-state index is -2.03. The number of esters is 1. The van der Waals surface area contributed by atoms with Gasteiger partial charge in [0.2, 0.25) is 0 Å². The van der Waals surface area contributed by atoms with Crippen LogP contribution in [0.4, 0.5) is 0 Å². The molecular weight excluding hydrogens is 264 g/mol.